The van der Waals surface area contributed by atoms with Crippen molar-refractivity contribution in [2.75, 3.05) is 32.1 Å². The third-order valence-corrected chi connectivity index (χ3v) is 5.60. The molecule has 0 fully saturated rings. The number of carbonyl (C=O) groups is 1. The van der Waals surface area contributed by atoms with Gasteiger partial charge in [-0.25, -0.2) is 4.98 Å². The molecule has 0 N–H and O–H groups in total. The van der Waals surface area contributed by atoms with Gasteiger partial charge in [-0.15, -0.1) is 0 Å². The number of anilines is 1. The molecule has 7 heteroatoms. The third kappa shape index (κ3) is 4.42. The quantitative estimate of drug-likeness (QED) is 0.595. The second-order valence-electron chi connectivity index (χ2n) is 7.79. The van der Waals surface area contributed by atoms with Crippen molar-refractivity contribution in [3.8, 4) is 0 Å². The Kier molecular flexibility index (Phi) is 6.15. The molecule has 150 valence electrons. The number of amides is 1. The van der Waals surface area contributed by atoms with E-state index in [4.69, 9.17) is 4.98 Å². The van der Waals surface area contributed by atoms with Crippen molar-refractivity contribution in [2.45, 2.75) is 40.2 Å². The van der Waals surface area contributed by atoms with E-state index in [1.54, 1.807) is 11.3 Å². The van der Waals surface area contributed by atoms with Crippen LogP contribution in [0.1, 0.15) is 48.1 Å². The van der Waals surface area contributed by atoms with Gasteiger partial charge in [-0.05, 0) is 78.5 Å². The molecule has 3 aromatic rings. The molecule has 0 unspecified atom stereocenters. The van der Waals surface area contributed by atoms with Crippen LogP contribution in [0.3, 0.4) is 0 Å². The second kappa shape index (κ2) is 8.41. The van der Waals surface area contributed by atoms with Crippen LogP contribution in [0.2, 0.25) is 0 Å². The number of hydrogen-bond acceptors (Lipinski definition) is 5. The van der Waals surface area contributed by atoms with Gasteiger partial charge >= 0.3 is 0 Å². The largest absolute Gasteiger partial charge is 0.309 e. The van der Waals surface area contributed by atoms with Gasteiger partial charge in [0.15, 0.2) is 5.13 Å². The number of thiazole rings is 1. The van der Waals surface area contributed by atoms with Crippen LogP contribution in [0.5, 0.6) is 0 Å². The van der Waals surface area contributed by atoms with Gasteiger partial charge in [0.25, 0.3) is 5.91 Å². The van der Waals surface area contributed by atoms with Crippen LogP contribution in [-0.4, -0.2) is 52.8 Å². The van der Waals surface area contributed by atoms with Crippen LogP contribution in [0.4, 0.5) is 5.13 Å². The van der Waals surface area contributed by atoms with E-state index in [1.807, 2.05) is 56.6 Å². The highest BCUT2D eigenvalue weighted by molar-refractivity contribution is 7.22. The predicted octanol–water partition coefficient (Wildman–Crippen LogP) is 4.29. The Balaban J connectivity index is 1.99. The van der Waals surface area contributed by atoms with Crippen molar-refractivity contribution in [1.29, 1.82) is 0 Å². The molecule has 1 aromatic carbocycles. The molecule has 0 saturated carbocycles. The number of fused-ring (bicyclic) bond motifs is 1. The predicted molar refractivity (Wildman–Crippen MR) is 117 cm³/mol. The molecular formula is C21H29N5OS. The maximum absolute atomic E-state index is 13.5. The monoisotopic (exact) mass is 399 g/mol. The van der Waals surface area contributed by atoms with E-state index in [1.165, 1.54) is 5.56 Å². The standard InChI is InChI=1S/C21H29N5OS/c1-14(2)26-18(13-16(4)23-26)20(27)25(11-7-10-24(5)6)21-22-17-9-8-15(3)12-19(17)28-21/h8-9,12-14H,7,10-11H2,1-6H3. The van der Waals surface area contributed by atoms with Gasteiger partial charge in [0.05, 0.1) is 15.9 Å². The van der Waals surface area contributed by atoms with E-state index in [0.29, 0.717) is 12.2 Å². The maximum Gasteiger partial charge on any atom is 0.278 e. The fourth-order valence-corrected chi connectivity index (χ4v) is 4.26. The summed E-state index contributed by atoms with van der Waals surface area (Å²) in [7, 11) is 4.09. The average Bonchev–Trinajstić information content (AvgIpc) is 3.21. The molecule has 0 saturated heterocycles. The average molecular weight is 400 g/mol. The van der Waals surface area contributed by atoms with E-state index in [0.717, 1.165) is 34.0 Å². The summed E-state index contributed by atoms with van der Waals surface area (Å²) >= 11 is 1.57. The van der Waals surface area contributed by atoms with Gasteiger partial charge in [0.2, 0.25) is 0 Å². The molecule has 2 heterocycles. The van der Waals surface area contributed by atoms with Crippen molar-refractivity contribution in [3.63, 3.8) is 0 Å². The van der Waals surface area contributed by atoms with E-state index in [2.05, 4.69) is 29.1 Å². The summed E-state index contributed by atoms with van der Waals surface area (Å²) in [6, 6.07) is 8.20. The van der Waals surface area contributed by atoms with E-state index < -0.39 is 0 Å². The van der Waals surface area contributed by atoms with Gasteiger partial charge < -0.3 is 4.90 Å². The lowest BCUT2D eigenvalue weighted by Gasteiger charge is -2.22. The number of hydrogen-bond donors (Lipinski definition) is 0. The number of carbonyl (C=O) groups excluding carboxylic acids is 1. The molecule has 0 radical (unpaired) electrons. The Labute approximate surface area is 170 Å². The first-order valence-corrected chi connectivity index (χ1v) is 10.5. The molecule has 6 nitrogen and oxygen atoms in total. The molecule has 0 bridgehead atoms. The zero-order valence-electron chi connectivity index (χ0n) is 17.6. The van der Waals surface area contributed by atoms with Crippen molar-refractivity contribution < 1.29 is 4.79 Å². The van der Waals surface area contributed by atoms with Crippen molar-refractivity contribution in [2.24, 2.45) is 0 Å². The van der Waals surface area contributed by atoms with Gasteiger partial charge in [-0.1, -0.05) is 17.4 Å². The highest BCUT2D eigenvalue weighted by atomic mass is 32.1. The summed E-state index contributed by atoms with van der Waals surface area (Å²) in [4.78, 5) is 22.2. The Morgan fingerprint density at radius 1 is 1.18 bits per heavy atom. The normalized spacial score (nSPS) is 11.7. The first kappa shape index (κ1) is 20.5. The van der Waals surface area contributed by atoms with Gasteiger partial charge in [-0.2, -0.15) is 5.10 Å². The highest BCUT2D eigenvalue weighted by Crippen LogP contribution is 2.31. The van der Waals surface area contributed by atoms with E-state index in [9.17, 15) is 4.79 Å². The number of aromatic nitrogens is 3. The molecule has 0 spiro atoms. The topological polar surface area (TPSA) is 54.3 Å². The summed E-state index contributed by atoms with van der Waals surface area (Å²) < 4.78 is 2.92. The zero-order valence-corrected chi connectivity index (χ0v) is 18.4. The fourth-order valence-electron chi connectivity index (χ4n) is 3.17. The molecule has 0 aliphatic heterocycles. The summed E-state index contributed by atoms with van der Waals surface area (Å²) in [5, 5.41) is 5.26. The lowest BCUT2D eigenvalue weighted by molar-refractivity contribution is 0.0974. The lowest BCUT2D eigenvalue weighted by atomic mass is 10.2. The Morgan fingerprint density at radius 3 is 2.61 bits per heavy atom. The van der Waals surface area contributed by atoms with Crippen molar-refractivity contribution >= 4 is 32.6 Å². The first-order valence-electron chi connectivity index (χ1n) is 9.66. The third-order valence-electron chi connectivity index (χ3n) is 4.56. The van der Waals surface area contributed by atoms with E-state index in [-0.39, 0.29) is 11.9 Å². The number of aryl methyl sites for hydroxylation is 2. The van der Waals surface area contributed by atoms with Gasteiger partial charge in [-0.3, -0.25) is 14.4 Å². The molecule has 2 aromatic heterocycles. The van der Waals surface area contributed by atoms with Crippen molar-refractivity contribution in [1.82, 2.24) is 19.7 Å². The van der Waals surface area contributed by atoms with E-state index >= 15 is 0 Å². The van der Waals surface area contributed by atoms with Crippen LogP contribution in [-0.2, 0) is 0 Å². The summed E-state index contributed by atoms with van der Waals surface area (Å²) in [6.45, 7) is 9.61. The van der Waals surface area contributed by atoms with Crippen LogP contribution in [0, 0.1) is 13.8 Å². The lowest BCUT2D eigenvalue weighted by Crippen LogP contribution is -2.35. The van der Waals surface area contributed by atoms with Crippen LogP contribution >= 0.6 is 11.3 Å². The molecule has 1 amide bonds. The fraction of sp³-hybridized carbons (Fsp3) is 0.476. The minimum Gasteiger partial charge on any atom is -0.309 e. The smallest absolute Gasteiger partial charge is 0.278 e. The Bertz CT molecular complexity index is 972. The molecule has 3 rings (SSSR count). The van der Waals surface area contributed by atoms with Crippen LogP contribution in [0.25, 0.3) is 10.2 Å². The zero-order chi connectivity index (χ0) is 20.4. The maximum atomic E-state index is 13.5. The van der Waals surface area contributed by atoms with Crippen molar-refractivity contribution in [3.05, 3.63) is 41.2 Å². The Morgan fingerprint density at radius 2 is 1.93 bits per heavy atom. The number of nitrogens with zero attached hydrogens (tertiary/aromatic N) is 5. The second-order valence-corrected chi connectivity index (χ2v) is 8.80. The molecule has 28 heavy (non-hydrogen) atoms. The minimum atomic E-state index is -0.0381. The SMILES string of the molecule is Cc1ccc2nc(N(CCCN(C)C)C(=O)c3cc(C)nn3C(C)C)sc2c1. The summed E-state index contributed by atoms with van der Waals surface area (Å²) in [5.74, 6) is -0.0381. The number of rotatable bonds is 7. The number of benzene rings is 1. The van der Waals surface area contributed by atoms with Crippen LogP contribution in [0.15, 0.2) is 24.3 Å². The summed E-state index contributed by atoms with van der Waals surface area (Å²) in [6.07, 6.45) is 0.877. The van der Waals surface area contributed by atoms with Gasteiger partial charge in [0, 0.05) is 12.6 Å². The van der Waals surface area contributed by atoms with Gasteiger partial charge in [0.1, 0.15) is 5.69 Å². The highest BCUT2D eigenvalue weighted by Gasteiger charge is 2.25. The van der Waals surface area contributed by atoms with Crippen LogP contribution < -0.4 is 4.90 Å². The summed E-state index contributed by atoms with van der Waals surface area (Å²) in [5.41, 5.74) is 3.60. The molecular weight excluding hydrogens is 370 g/mol. The first-order chi connectivity index (χ1) is 13.3. The minimum absolute atomic E-state index is 0.0381. The Hall–Kier alpha value is -2.25. The molecule has 0 atom stereocenters. The molecule has 0 aliphatic rings. The molecule has 0 aliphatic carbocycles.